The van der Waals surface area contributed by atoms with Gasteiger partial charge in [-0.2, -0.15) is 0 Å². The van der Waals surface area contributed by atoms with Crippen molar-refractivity contribution in [3.05, 3.63) is 48.6 Å². The van der Waals surface area contributed by atoms with Gasteiger partial charge in [-0.1, -0.05) is 384 Å². The van der Waals surface area contributed by atoms with E-state index in [2.05, 4.69) is 62.5 Å². The number of phosphoric acid groups is 1. The van der Waals surface area contributed by atoms with E-state index in [9.17, 15) is 19.0 Å². The number of nitrogens with one attached hydrogen (secondary N) is 1. The Morgan fingerprint density at radius 1 is 0.376 bits per heavy atom. The summed E-state index contributed by atoms with van der Waals surface area (Å²) >= 11 is 0. The summed E-state index contributed by atoms with van der Waals surface area (Å²) in [6, 6.07) is -0.888. The summed E-state index contributed by atoms with van der Waals surface area (Å²) in [5.41, 5.74) is 0. The first-order valence-electron chi connectivity index (χ1n) is 40.9. The first-order chi connectivity index (χ1) is 45.4. The summed E-state index contributed by atoms with van der Waals surface area (Å²) in [4.78, 5) is 40.4. The predicted molar refractivity (Wildman–Crippen MR) is 404 cm³/mol. The lowest BCUT2D eigenvalue weighted by Gasteiger charge is -2.30. The van der Waals surface area contributed by atoms with E-state index in [4.69, 9.17) is 13.8 Å². The van der Waals surface area contributed by atoms with Gasteiger partial charge in [-0.25, -0.2) is 0 Å². The Balaban J connectivity index is 4.90. The zero-order valence-electron chi connectivity index (χ0n) is 63.0. The van der Waals surface area contributed by atoms with E-state index >= 15 is 0 Å². The van der Waals surface area contributed by atoms with Crippen molar-refractivity contribution in [3.63, 3.8) is 0 Å². The molecule has 0 rings (SSSR count). The van der Waals surface area contributed by atoms with Crippen LogP contribution in [0.5, 0.6) is 0 Å². The molecule has 3 unspecified atom stereocenters. The van der Waals surface area contributed by atoms with Gasteiger partial charge in [-0.3, -0.25) is 14.2 Å². The number of allylic oxidation sites excluding steroid dienone is 7. The topological polar surface area (TPSA) is 114 Å². The number of carbonyl (C=O) groups excluding carboxylic acids is 2. The number of nitrogens with zero attached hydrogens (tertiary/aromatic N) is 1. The van der Waals surface area contributed by atoms with Gasteiger partial charge in [0.2, 0.25) is 5.91 Å². The second kappa shape index (κ2) is 72.7. The molecule has 0 aromatic carbocycles. The van der Waals surface area contributed by atoms with E-state index in [0.717, 1.165) is 70.6 Å². The Kier molecular flexibility index (Phi) is 71.1. The van der Waals surface area contributed by atoms with Crippen molar-refractivity contribution in [2.75, 3.05) is 40.9 Å². The molecule has 0 aliphatic carbocycles. The summed E-state index contributed by atoms with van der Waals surface area (Å²) < 4.78 is 30.6. The number of phosphoric ester groups is 1. The number of carbonyl (C=O) groups is 2. The standard InChI is InChI=1S/C83H159N2O7P/c1-7-10-13-16-19-22-25-28-30-32-34-36-38-40-42-44-46-48-50-52-54-57-60-63-66-69-72-75-82(86)84-80(79-91-93(88,89)90-78-77-85(4,5)6)81(74-71-68-65-62-59-56-27-24-21-18-15-12-9-3)92-83(87)76-73-70-67-64-61-58-55-53-51-49-47-45-43-41-39-37-35-33-31-29-26-23-20-17-14-11-8-2/h19,22,28,30,34,36,71,74,80-81H,7-18,20-21,23-27,29,31-33,35,37-70,72-73,75-79H2,1-6H3,(H-,84,86,88,89)/b22-19-,30-28-,36-34-,74-71+. The Bertz CT molecular complexity index is 1730. The zero-order chi connectivity index (χ0) is 67.8. The quantitative estimate of drug-likeness (QED) is 0.0212. The third-order valence-corrected chi connectivity index (χ3v) is 19.7. The van der Waals surface area contributed by atoms with E-state index < -0.39 is 20.0 Å². The highest BCUT2D eigenvalue weighted by Gasteiger charge is 2.27. The summed E-state index contributed by atoms with van der Waals surface area (Å²) in [7, 11) is 1.21. The van der Waals surface area contributed by atoms with Crippen molar-refractivity contribution >= 4 is 19.7 Å². The summed E-state index contributed by atoms with van der Waals surface area (Å²) in [6.07, 6.45) is 94.1. The fourth-order valence-electron chi connectivity index (χ4n) is 12.5. The van der Waals surface area contributed by atoms with Gasteiger partial charge < -0.3 is 28.5 Å². The lowest BCUT2D eigenvalue weighted by atomic mass is 10.0. The molecule has 1 amide bonds. The molecule has 0 saturated carbocycles. The lowest BCUT2D eigenvalue weighted by molar-refractivity contribution is -0.870. The highest BCUT2D eigenvalue weighted by atomic mass is 31.2. The normalized spacial score (nSPS) is 13.6. The number of unbranched alkanes of at least 4 members (excludes halogenated alkanes) is 54. The number of esters is 1. The summed E-state index contributed by atoms with van der Waals surface area (Å²) in [6.45, 7) is 6.90. The maximum atomic E-state index is 13.7. The van der Waals surface area contributed by atoms with Gasteiger partial charge in [0.05, 0.1) is 33.8 Å². The molecule has 3 atom stereocenters. The number of likely N-dealkylation sites (N-methyl/N-ethyl adjacent to an activating group) is 1. The first kappa shape index (κ1) is 91.0. The molecule has 93 heavy (non-hydrogen) atoms. The molecular formula is C83H159N2O7P. The third kappa shape index (κ3) is 74.0. The van der Waals surface area contributed by atoms with Crippen molar-refractivity contribution in [2.45, 2.75) is 431 Å². The van der Waals surface area contributed by atoms with E-state index in [-0.39, 0.29) is 31.5 Å². The molecule has 10 heteroatoms. The minimum Gasteiger partial charge on any atom is -0.756 e. The maximum absolute atomic E-state index is 13.7. The van der Waals surface area contributed by atoms with Gasteiger partial charge in [0.1, 0.15) is 19.3 Å². The number of ether oxygens (including phenoxy) is 1. The molecule has 1 N–H and O–H groups in total. The minimum absolute atomic E-state index is 0.0198. The minimum atomic E-state index is -4.71. The Hall–Kier alpha value is -2.03. The highest BCUT2D eigenvalue weighted by molar-refractivity contribution is 7.45. The van der Waals surface area contributed by atoms with Crippen LogP contribution in [0.25, 0.3) is 0 Å². The second-order valence-corrected chi connectivity index (χ2v) is 30.7. The second-order valence-electron chi connectivity index (χ2n) is 29.3. The van der Waals surface area contributed by atoms with Crippen LogP contribution < -0.4 is 10.2 Å². The molecule has 0 saturated heterocycles. The van der Waals surface area contributed by atoms with Gasteiger partial charge in [-0.15, -0.1) is 0 Å². The van der Waals surface area contributed by atoms with Crippen LogP contribution in [0.1, 0.15) is 419 Å². The monoisotopic (exact) mass is 1330 g/mol. The van der Waals surface area contributed by atoms with E-state index in [1.54, 1.807) is 0 Å². The van der Waals surface area contributed by atoms with Crippen molar-refractivity contribution in [1.82, 2.24) is 5.32 Å². The van der Waals surface area contributed by atoms with Crippen LogP contribution >= 0.6 is 7.82 Å². The van der Waals surface area contributed by atoms with Gasteiger partial charge in [0, 0.05) is 12.8 Å². The molecule has 0 spiro atoms. The Labute approximate surface area is 579 Å². The first-order valence-corrected chi connectivity index (χ1v) is 42.4. The number of hydrogen-bond donors (Lipinski definition) is 1. The predicted octanol–water partition coefficient (Wildman–Crippen LogP) is 26.1. The average molecular weight is 1330 g/mol. The van der Waals surface area contributed by atoms with Crippen molar-refractivity contribution < 1.29 is 37.3 Å². The number of rotatable bonds is 76. The van der Waals surface area contributed by atoms with E-state index in [0.29, 0.717) is 17.4 Å². The lowest BCUT2D eigenvalue weighted by Crippen LogP contribution is -2.47. The van der Waals surface area contributed by atoms with Crippen LogP contribution in [0.15, 0.2) is 48.6 Å². The Morgan fingerprint density at radius 3 is 1.00 bits per heavy atom. The largest absolute Gasteiger partial charge is 0.756 e. The molecule has 9 nitrogen and oxygen atoms in total. The molecule has 0 radical (unpaired) electrons. The van der Waals surface area contributed by atoms with Crippen LogP contribution in [0, 0.1) is 0 Å². The molecular weight excluding hydrogens is 1170 g/mol. The van der Waals surface area contributed by atoms with Gasteiger partial charge >= 0.3 is 5.97 Å². The number of hydrogen-bond acceptors (Lipinski definition) is 7. The van der Waals surface area contributed by atoms with Gasteiger partial charge in [0.25, 0.3) is 7.82 Å². The fraction of sp³-hybridized carbons (Fsp3) is 0.880. The molecule has 0 aromatic rings. The van der Waals surface area contributed by atoms with Crippen LogP contribution in [-0.4, -0.2) is 69.4 Å². The highest BCUT2D eigenvalue weighted by Crippen LogP contribution is 2.38. The van der Waals surface area contributed by atoms with Crippen LogP contribution in [0.2, 0.25) is 0 Å². The van der Waals surface area contributed by atoms with Crippen LogP contribution in [0.3, 0.4) is 0 Å². The molecule has 0 aromatic heterocycles. The Morgan fingerprint density at radius 2 is 0.656 bits per heavy atom. The molecule has 0 heterocycles. The van der Waals surface area contributed by atoms with Crippen molar-refractivity contribution in [2.24, 2.45) is 0 Å². The molecule has 548 valence electrons. The van der Waals surface area contributed by atoms with E-state index in [1.807, 2.05) is 33.3 Å². The van der Waals surface area contributed by atoms with Gasteiger partial charge in [-0.05, 0) is 70.3 Å². The van der Waals surface area contributed by atoms with Crippen LogP contribution in [-0.2, 0) is 27.9 Å². The number of quaternary nitrogens is 1. The smallest absolute Gasteiger partial charge is 0.306 e. The SMILES string of the molecule is CCCCC/C=C\C/C=C\C/C=C\CCCCCCCCCCCCCCCCC(=O)NC(COP(=O)([O-])OCC[N+](C)(C)C)C(/C=C/CCCCCCCCCCCCC)OC(=O)CCCCCCCCCCCCCCCCCCCCCCCCCCCCC. The van der Waals surface area contributed by atoms with Crippen molar-refractivity contribution in [1.29, 1.82) is 0 Å². The molecule has 0 aliphatic rings. The molecule has 0 bridgehead atoms. The summed E-state index contributed by atoms with van der Waals surface area (Å²) in [5, 5.41) is 3.06. The third-order valence-electron chi connectivity index (χ3n) is 18.8. The van der Waals surface area contributed by atoms with E-state index in [1.165, 1.54) is 315 Å². The van der Waals surface area contributed by atoms with Crippen LogP contribution in [0.4, 0.5) is 0 Å². The van der Waals surface area contributed by atoms with Gasteiger partial charge in [0.15, 0.2) is 0 Å². The number of amides is 1. The fourth-order valence-corrected chi connectivity index (χ4v) is 13.2. The van der Waals surface area contributed by atoms with Crippen molar-refractivity contribution in [3.8, 4) is 0 Å². The molecule has 0 fully saturated rings. The maximum Gasteiger partial charge on any atom is 0.306 e. The molecule has 0 aliphatic heterocycles. The summed E-state index contributed by atoms with van der Waals surface area (Å²) in [5.74, 6) is -0.517. The zero-order valence-corrected chi connectivity index (χ0v) is 63.9. The average Bonchev–Trinajstić information content (AvgIpc) is 2.31.